The summed E-state index contributed by atoms with van der Waals surface area (Å²) in [6.45, 7) is 8.07. The van der Waals surface area contributed by atoms with E-state index in [-0.39, 0.29) is 12.7 Å². The summed E-state index contributed by atoms with van der Waals surface area (Å²) in [5, 5.41) is 0. The van der Waals surface area contributed by atoms with Crippen LogP contribution in [0.15, 0.2) is 30.3 Å². The van der Waals surface area contributed by atoms with Gasteiger partial charge < -0.3 is 38.0 Å². The molecule has 0 amide bonds. The third kappa shape index (κ3) is 8.59. The Morgan fingerprint density at radius 2 is 1.56 bits per heavy atom. The molecule has 39 heavy (non-hydrogen) atoms. The maximum Gasteiger partial charge on any atom is 0.244 e. The Balaban J connectivity index is 1.32. The number of aldehydes is 1. The van der Waals surface area contributed by atoms with Crippen LogP contribution in [0.25, 0.3) is 0 Å². The first-order valence-corrected chi connectivity index (χ1v) is 14.3. The molecule has 0 fully saturated rings. The number of rotatable bonds is 19. The number of aryl methyl sites for hydroxylation is 1. The number of carbonyl (C=O) groups excluding carboxylic acids is 1. The van der Waals surface area contributed by atoms with Gasteiger partial charge in [-0.25, -0.2) is 0 Å². The highest BCUT2D eigenvalue weighted by Crippen LogP contribution is 2.41. The molecule has 0 saturated carbocycles. The molecule has 2 aromatic carbocycles. The second kappa shape index (κ2) is 15.7. The summed E-state index contributed by atoms with van der Waals surface area (Å²) in [5.74, 6) is 2.98. The average molecular weight is 543 g/mol. The Morgan fingerprint density at radius 1 is 0.846 bits per heavy atom. The summed E-state index contributed by atoms with van der Waals surface area (Å²) < 4.78 is 40.7. The molecule has 0 bridgehead atoms. The molecule has 2 aliphatic heterocycles. The van der Waals surface area contributed by atoms with Crippen molar-refractivity contribution in [3.05, 3.63) is 47.0 Å². The van der Waals surface area contributed by atoms with Crippen LogP contribution in [0.5, 0.6) is 23.0 Å². The van der Waals surface area contributed by atoms with Crippen LogP contribution in [0, 0.1) is 5.92 Å². The minimum atomic E-state index is -0.469. The molecule has 0 radical (unpaired) electrons. The van der Waals surface area contributed by atoms with E-state index in [9.17, 15) is 4.79 Å². The van der Waals surface area contributed by atoms with Crippen LogP contribution in [-0.2, 0) is 38.5 Å². The first-order chi connectivity index (χ1) is 19.2. The zero-order valence-electron chi connectivity index (χ0n) is 23.3. The number of fused-ring (bicyclic) bond motifs is 2. The van der Waals surface area contributed by atoms with Crippen LogP contribution in [-0.4, -0.2) is 52.4 Å². The highest BCUT2D eigenvalue weighted by Gasteiger charge is 2.33. The van der Waals surface area contributed by atoms with Crippen molar-refractivity contribution in [3.8, 4) is 23.0 Å². The number of benzene rings is 2. The second-order valence-corrected chi connectivity index (χ2v) is 9.95. The van der Waals surface area contributed by atoms with E-state index in [1.165, 1.54) is 5.56 Å². The zero-order valence-corrected chi connectivity index (χ0v) is 23.3. The summed E-state index contributed by atoms with van der Waals surface area (Å²) >= 11 is 0. The van der Waals surface area contributed by atoms with Crippen LogP contribution in [0.4, 0.5) is 0 Å². The Hall–Kier alpha value is -2.81. The summed E-state index contributed by atoms with van der Waals surface area (Å²) in [7, 11) is 0. The summed E-state index contributed by atoms with van der Waals surface area (Å²) in [5.41, 5.74) is 3.39. The van der Waals surface area contributed by atoms with Crippen molar-refractivity contribution < 1.29 is 38.0 Å². The van der Waals surface area contributed by atoms with E-state index in [0.717, 1.165) is 72.7 Å². The fourth-order valence-corrected chi connectivity index (χ4v) is 4.79. The van der Waals surface area contributed by atoms with Gasteiger partial charge in [0.25, 0.3) is 0 Å². The van der Waals surface area contributed by atoms with Gasteiger partial charge >= 0.3 is 0 Å². The summed E-state index contributed by atoms with van der Waals surface area (Å²) in [6.07, 6.45) is 6.46. The van der Waals surface area contributed by atoms with E-state index < -0.39 is 6.29 Å². The molecule has 0 spiro atoms. The molecular formula is C31H42O8. The van der Waals surface area contributed by atoms with E-state index in [4.69, 9.17) is 33.2 Å². The van der Waals surface area contributed by atoms with Crippen LogP contribution in [0.1, 0.15) is 62.6 Å². The molecule has 4 rings (SSSR count). The fraction of sp³-hybridized carbons (Fsp3) is 0.581. The lowest BCUT2D eigenvalue weighted by molar-refractivity contribution is -0.108. The van der Waals surface area contributed by atoms with Gasteiger partial charge in [-0.1, -0.05) is 32.8 Å². The zero-order chi connectivity index (χ0) is 27.3. The molecule has 8 nitrogen and oxygen atoms in total. The van der Waals surface area contributed by atoms with E-state index in [0.29, 0.717) is 52.3 Å². The number of unbranched alkanes of at least 4 members (excludes halogenated alkanes) is 1. The van der Waals surface area contributed by atoms with Crippen molar-refractivity contribution in [1.29, 1.82) is 0 Å². The highest BCUT2D eigenvalue weighted by molar-refractivity contribution is 5.50. The monoisotopic (exact) mass is 542 g/mol. The first-order valence-electron chi connectivity index (χ1n) is 14.3. The van der Waals surface area contributed by atoms with Gasteiger partial charge in [-0.2, -0.15) is 0 Å². The van der Waals surface area contributed by atoms with Gasteiger partial charge in [-0.05, 0) is 66.6 Å². The van der Waals surface area contributed by atoms with E-state index >= 15 is 0 Å². The normalized spacial score (nSPS) is 16.0. The SMILES string of the molecule is CCCCOCCOCCOCc1cc2c(cc1CCC)OC(C(CCC=O)Cc1ccc3c(c1)OCO3)O2. The molecule has 2 unspecified atom stereocenters. The highest BCUT2D eigenvalue weighted by atomic mass is 16.7. The molecule has 2 heterocycles. The lowest BCUT2D eigenvalue weighted by Gasteiger charge is -2.22. The maximum atomic E-state index is 11.2. The molecule has 0 aromatic heterocycles. The van der Waals surface area contributed by atoms with Crippen LogP contribution in [0.3, 0.4) is 0 Å². The van der Waals surface area contributed by atoms with E-state index in [1.807, 2.05) is 24.3 Å². The van der Waals surface area contributed by atoms with Crippen molar-refractivity contribution in [2.75, 3.05) is 39.8 Å². The summed E-state index contributed by atoms with van der Waals surface area (Å²) in [6, 6.07) is 10.1. The third-order valence-electron chi connectivity index (χ3n) is 6.89. The van der Waals surface area contributed by atoms with Crippen molar-refractivity contribution in [2.45, 2.75) is 71.7 Å². The Bertz CT molecular complexity index is 1040. The smallest absolute Gasteiger partial charge is 0.244 e. The van der Waals surface area contributed by atoms with E-state index in [1.54, 1.807) is 0 Å². The van der Waals surface area contributed by atoms with Gasteiger partial charge in [-0.15, -0.1) is 0 Å². The average Bonchev–Trinajstić information content (AvgIpc) is 3.58. The molecule has 2 aliphatic rings. The molecule has 0 N–H and O–H groups in total. The second-order valence-electron chi connectivity index (χ2n) is 9.95. The van der Waals surface area contributed by atoms with Crippen molar-refractivity contribution >= 4 is 6.29 Å². The lowest BCUT2D eigenvalue weighted by atomic mass is 9.94. The van der Waals surface area contributed by atoms with Crippen LogP contribution < -0.4 is 18.9 Å². The Labute approximate surface area is 231 Å². The van der Waals surface area contributed by atoms with Gasteiger partial charge in [0.15, 0.2) is 23.0 Å². The predicted octanol–water partition coefficient (Wildman–Crippen LogP) is 5.65. The van der Waals surface area contributed by atoms with Gasteiger partial charge in [-0.3, -0.25) is 0 Å². The third-order valence-corrected chi connectivity index (χ3v) is 6.89. The molecule has 2 aromatic rings. The van der Waals surface area contributed by atoms with Gasteiger partial charge in [0, 0.05) is 18.9 Å². The molecule has 0 aliphatic carbocycles. The number of hydrogen-bond donors (Lipinski definition) is 0. The van der Waals surface area contributed by atoms with Crippen molar-refractivity contribution in [3.63, 3.8) is 0 Å². The number of carbonyl (C=O) groups is 1. The molecular weight excluding hydrogens is 500 g/mol. The largest absolute Gasteiger partial charge is 0.454 e. The molecule has 214 valence electrons. The van der Waals surface area contributed by atoms with Crippen LogP contribution >= 0.6 is 0 Å². The van der Waals surface area contributed by atoms with Crippen LogP contribution in [0.2, 0.25) is 0 Å². The minimum Gasteiger partial charge on any atom is -0.454 e. The number of hydrogen-bond acceptors (Lipinski definition) is 8. The fourth-order valence-electron chi connectivity index (χ4n) is 4.79. The molecule has 0 saturated heterocycles. The van der Waals surface area contributed by atoms with E-state index in [2.05, 4.69) is 19.9 Å². The van der Waals surface area contributed by atoms with Crippen molar-refractivity contribution in [1.82, 2.24) is 0 Å². The first kappa shape index (κ1) is 29.2. The molecule has 2 atom stereocenters. The van der Waals surface area contributed by atoms with Gasteiger partial charge in [0.1, 0.15) is 6.29 Å². The predicted molar refractivity (Wildman–Crippen MR) is 147 cm³/mol. The lowest BCUT2D eigenvalue weighted by Crippen LogP contribution is -2.30. The van der Waals surface area contributed by atoms with Gasteiger partial charge in [0.05, 0.1) is 33.0 Å². The summed E-state index contributed by atoms with van der Waals surface area (Å²) in [4.78, 5) is 11.2. The maximum absolute atomic E-state index is 11.2. The standard InChI is InChI=1S/C31H42O8/c1-3-5-12-33-13-14-34-15-16-35-21-26-20-30-29(19-24(26)7-4-2)38-31(39-30)25(8-6-11-32)17-23-9-10-27-28(18-23)37-22-36-27/h9-11,18-20,25,31H,3-8,12-17,21-22H2,1-2H3. The molecule has 8 heteroatoms. The number of ether oxygens (including phenoxy) is 7. The Morgan fingerprint density at radius 3 is 2.31 bits per heavy atom. The quantitative estimate of drug-likeness (QED) is 0.166. The minimum absolute atomic E-state index is 0.000368. The van der Waals surface area contributed by atoms with Gasteiger partial charge in [0.2, 0.25) is 13.1 Å². The van der Waals surface area contributed by atoms with Crippen molar-refractivity contribution in [2.24, 2.45) is 5.92 Å². The Kier molecular flexibility index (Phi) is 11.7. The topological polar surface area (TPSA) is 81.7 Å².